The molecule has 0 atom stereocenters. The van der Waals surface area contributed by atoms with Crippen molar-refractivity contribution in [2.75, 3.05) is 31.1 Å². The molecule has 1 aliphatic heterocycles. The third-order valence-electron chi connectivity index (χ3n) is 5.70. The van der Waals surface area contributed by atoms with Gasteiger partial charge in [0, 0.05) is 48.9 Å². The van der Waals surface area contributed by atoms with Crippen molar-refractivity contribution >= 4 is 11.6 Å². The predicted molar refractivity (Wildman–Crippen MR) is 116 cm³/mol. The van der Waals surface area contributed by atoms with Gasteiger partial charge >= 0.3 is 0 Å². The number of aromatic hydroxyl groups is 1. The van der Waals surface area contributed by atoms with Crippen molar-refractivity contribution in [1.29, 1.82) is 0 Å². The number of phenolic OH excluding ortho intramolecular Hbond substituents is 1. The van der Waals surface area contributed by atoms with Crippen molar-refractivity contribution < 1.29 is 9.90 Å². The Kier molecular flexibility index (Phi) is 5.05. The number of aryl methyl sites for hydroxylation is 2. The number of phenols is 1. The van der Waals surface area contributed by atoms with Crippen molar-refractivity contribution in [2.24, 2.45) is 0 Å². The van der Waals surface area contributed by atoms with E-state index in [1.165, 1.54) is 5.56 Å². The molecule has 29 heavy (non-hydrogen) atoms. The number of hydrogen-bond donors (Lipinski definition) is 1. The van der Waals surface area contributed by atoms with E-state index in [2.05, 4.69) is 41.5 Å². The molecule has 1 saturated heterocycles. The van der Waals surface area contributed by atoms with Gasteiger partial charge in [-0.3, -0.25) is 4.79 Å². The van der Waals surface area contributed by atoms with E-state index in [1.807, 2.05) is 36.1 Å². The summed E-state index contributed by atoms with van der Waals surface area (Å²) in [5.74, 6) is 0.369. The largest absolute Gasteiger partial charge is 0.508 e. The monoisotopic (exact) mass is 389 g/mol. The molecule has 0 saturated carbocycles. The van der Waals surface area contributed by atoms with E-state index in [1.54, 1.807) is 12.1 Å². The van der Waals surface area contributed by atoms with Crippen LogP contribution in [0.5, 0.6) is 5.75 Å². The molecular formula is C24H27N3O2. The lowest BCUT2D eigenvalue weighted by Crippen LogP contribution is -2.48. The minimum absolute atomic E-state index is 0.0994. The first-order valence-electron chi connectivity index (χ1n) is 10.0. The van der Waals surface area contributed by atoms with Gasteiger partial charge in [-0.2, -0.15) is 0 Å². The molecule has 150 valence electrons. The lowest BCUT2D eigenvalue weighted by atomic mass is 10.1. The standard InChI is InChI=1S/C24H27N3O2/c1-17-5-4-6-21(15-17)27-18(2)16-23(19(27)3)24(29)26-13-11-25(12-14-26)20-7-9-22(28)10-8-20/h4-10,15-16,28H,11-14H2,1-3H3. The average Bonchev–Trinajstić information content (AvgIpc) is 3.02. The fraction of sp³-hybridized carbons (Fsp3) is 0.292. The van der Waals surface area contributed by atoms with Crippen LogP contribution in [0.4, 0.5) is 5.69 Å². The molecule has 1 amide bonds. The molecule has 4 rings (SSSR count). The van der Waals surface area contributed by atoms with Gasteiger partial charge < -0.3 is 19.5 Å². The van der Waals surface area contributed by atoms with Crippen LogP contribution in [-0.4, -0.2) is 46.7 Å². The smallest absolute Gasteiger partial charge is 0.255 e. The minimum Gasteiger partial charge on any atom is -0.508 e. The second-order valence-corrected chi connectivity index (χ2v) is 7.75. The number of aromatic nitrogens is 1. The van der Waals surface area contributed by atoms with Gasteiger partial charge in [-0.05, 0) is 68.8 Å². The van der Waals surface area contributed by atoms with E-state index in [9.17, 15) is 9.90 Å². The number of hydrogen-bond acceptors (Lipinski definition) is 3. The summed E-state index contributed by atoms with van der Waals surface area (Å²) in [6.07, 6.45) is 0. The van der Waals surface area contributed by atoms with Crippen LogP contribution in [0.2, 0.25) is 0 Å². The number of carbonyl (C=O) groups is 1. The Morgan fingerprint density at radius 2 is 1.55 bits per heavy atom. The minimum atomic E-state index is 0.0994. The lowest BCUT2D eigenvalue weighted by Gasteiger charge is -2.36. The van der Waals surface area contributed by atoms with E-state index in [4.69, 9.17) is 0 Å². The van der Waals surface area contributed by atoms with Crippen LogP contribution < -0.4 is 4.90 Å². The zero-order chi connectivity index (χ0) is 20.5. The van der Waals surface area contributed by atoms with E-state index >= 15 is 0 Å². The second-order valence-electron chi connectivity index (χ2n) is 7.75. The quantitative estimate of drug-likeness (QED) is 0.735. The molecule has 0 bridgehead atoms. The molecule has 1 N–H and O–H groups in total. The summed E-state index contributed by atoms with van der Waals surface area (Å²) in [5.41, 5.74) is 6.21. The second kappa shape index (κ2) is 7.66. The molecule has 0 spiro atoms. The van der Waals surface area contributed by atoms with Gasteiger partial charge in [-0.1, -0.05) is 12.1 Å². The normalized spacial score (nSPS) is 14.3. The Morgan fingerprint density at radius 3 is 2.21 bits per heavy atom. The maximum absolute atomic E-state index is 13.2. The maximum atomic E-state index is 13.2. The van der Waals surface area contributed by atoms with Crippen LogP contribution >= 0.6 is 0 Å². The fourth-order valence-corrected chi connectivity index (χ4v) is 4.15. The van der Waals surface area contributed by atoms with Crippen molar-refractivity contribution in [3.63, 3.8) is 0 Å². The van der Waals surface area contributed by atoms with E-state index in [-0.39, 0.29) is 11.7 Å². The Balaban J connectivity index is 1.51. The summed E-state index contributed by atoms with van der Waals surface area (Å²) < 4.78 is 2.16. The van der Waals surface area contributed by atoms with Crippen molar-refractivity contribution in [2.45, 2.75) is 20.8 Å². The molecule has 0 unspecified atom stereocenters. The van der Waals surface area contributed by atoms with Crippen LogP contribution in [0.25, 0.3) is 5.69 Å². The molecule has 2 heterocycles. The van der Waals surface area contributed by atoms with Crippen molar-refractivity contribution in [3.05, 3.63) is 77.1 Å². The van der Waals surface area contributed by atoms with Gasteiger partial charge in [0.05, 0.1) is 5.56 Å². The Hall–Kier alpha value is -3.21. The highest BCUT2D eigenvalue weighted by Crippen LogP contribution is 2.24. The molecule has 1 aliphatic rings. The summed E-state index contributed by atoms with van der Waals surface area (Å²) >= 11 is 0. The van der Waals surface area contributed by atoms with E-state index in [0.717, 1.165) is 41.4 Å². The van der Waals surface area contributed by atoms with Crippen LogP contribution in [0.3, 0.4) is 0 Å². The van der Waals surface area contributed by atoms with Crippen LogP contribution in [0.1, 0.15) is 27.3 Å². The highest BCUT2D eigenvalue weighted by molar-refractivity contribution is 5.96. The molecule has 0 radical (unpaired) electrons. The third-order valence-corrected chi connectivity index (χ3v) is 5.70. The third kappa shape index (κ3) is 3.73. The van der Waals surface area contributed by atoms with Gasteiger partial charge in [-0.15, -0.1) is 0 Å². The topological polar surface area (TPSA) is 48.7 Å². The van der Waals surface area contributed by atoms with Crippen LogP contribution in [0.15, 0.2) is 54.6 Å². The summed E-state index contributed by atoms with van der Waals surface area (Å²) in [7, 11) is 0. The number of nitrogens with zero attached hydrogens (tertiary/aromatic N) is 3. The number of piperazine rings is 1. The van der Waals surface area contributed by atoms with Gasteiger partial charge in [-0.25, -0.2) is 0 Å². The molecule has 5 nitrogen and oxygen atoms in total. The Bertz CT molecular complexity index is 1030. The first kappa shape index (κ1) is 19.1. The summed E-state index contributed by atoms with van der Waals surface area (Å²) in [5, 5.41) is 9.47. The van der Waals surface area contributed by atoms with Crippen molar-refractivity contribution in [3.8, 4) is 11.4 Å². The summed E-state index contributed by atoms with van der Waals surface area (Å²) in [6, 6.07) is 17.6. The van der Waals surface area contributed by atoms with E-state index < -0.39 is 0 Å². The molecule has 2 aromatic carbocycles. The number of benzene rings is 2. The Morgan fingerprint density at radius 1 is 0.862 bits per heavy atom. The Labute approximate surface area is 171 Å². The lowest BCUT2D eigenvalue weighted by molar-refractivity contribution is 0.0746. The zero-order valence-electron chi connectivity index (χ0n) is 17.2. The summed E-state index contributed by atoms with van der Waals surface area (Å²) in [6.45, 7) is 9.10. The van der Waals surface area contributed by atoms with Gasteiger partial charge in [0.2, 0.25) is 0 Å². The van der Waals surface area contributed by atoms with E-state index in [0.29, 0.717) is 13.1 Å². The maximum Gasteiger partial charge on any atom is 0.255 e. The molecular weight excluding hydrogens is 362 g/mol. The average molecular weight is 389 g/mol. The molecule has 5 heteroatoms. The molecule has 1 aromatic heterocycles. The van der Waals surface area contributed by atoms with Crippen molar-refractivity contribution in [1.82, 2.24) is 9.47 Å². The van der Waals surface area contributed by atoms with Gasteiger partial charge in [0.15, 0.2) is 0 Å². The summed E-state index contributed by atoms with van der Waals surface area (Å²) in [4.78, 5) is 17.4. The number of carbonyl (C=O) groups excluding carboxylic acids is 1. The first-order valence-corrected chi connectivity index (χ1v) is 10.0. The highest BCUT2D eigenvalue weighted by Gasteiger charge is 2.25. The first-order chi connectivity index (χ1) is 13.9. The number of rotatable bonds is 3. The number of anilines is 1. The molecule has 1 fully saturated rings. The van der Waals surface area contributed by atoms with Crippen LogP contribution in [-0.2, 0) is 0 Å². The SMILES string of the molecule is Cc1cccc(-n2c(C)cc(C(=O)N3CCN(c4ccc(O)cc4)CC3)c2C)c1. The predicted octanol–water partition coefficient (Wildman–Crippen LogP) is 4.07. The highest BCUT2D eigenvalue weighted by atomic mass is 16.3. The molecule has 0 aliphatic carbocycles. The fourth-order valence-electron chi connectivity index (χ4n) is 4.15. The van der Waals surface area contributed by atoms with Crippen LogP contribution in [0, 0.1) is 20.8 Å². The zero-order valence-corrected chi connectivity index (χ0v) is 17.2. The van der Waals surface area contributed by atoms with Gasteiger partial charge in [0.25, 0.3) is 5.91 Å². The number of amides is 1. The molecule has 3 aromatic rings. The van der Waals surface area contributed by atoms with Gasteiger partial charge in [0.1, 0.15) is 5.75 Å².